The van der Waals surface area contributed by atoms with Gasteiger partial charge in [0.05, 0.1) is 12.1 Å². The van der Waals surface area contributed by atoms with Gasteiger partial charge in [-0.3, -0.25) is 0 Å². The van der Waals surface area contributed by atoms with Crippen LogP contribution < -0.4 is 0 Å². The highest BCUT2D eigenvalue weighted by Crippen LogP contribution is 2.46. The van der Waals surface area contributed by atoms with Crippen molar-refractivity contribution in [2.24, 2.45) is 5.41 Å². The Kier molecular flexibility index (Phi) is 5.08. The number of hydrogen-bond donors (Lipinski definition) is 0. The van der Waals surface area contributed by atoms with Crippen molar-refractivity contribution in [2.45, 2.75) is 71.8 Å². The lowest BCUT2D eigenvalue weighted by Gasteiger charge is -2.41. The topological polar surface area (TPSA) is 51.7 Å². The molecule has 1 spiro atoms. The first-order valence-electron chi connectivity index (χ1n) is 9.68. The van der Waals surface area contributed by atoms with Gasteiger partial charge < -0.3 is 14.4 Å². The standard InChI is InChI=1S/C21H32N2O3S/c1-19(2,3)17-22-16-14(25-7)12-21(13-15(16)27-17)8-10-23(11-9-21)18(24)26-20(4,5)6/h12H,8-11,13H2,1-7H3. The molecule has 1 aliphatic heterocycles. The third kappa shape index (κ3) is 4.31. The SMILES string of the molecule is COC1=CC2(CCN(C(=O)OC(C)(C)C)CC2)Cc2sc(C(C)(C)C)nc21. The van der Waals surface area contributed by atoms with E-state index in [4.69, 9.17) is 14.5 Å². The molecular formula is C21H32N2O3S. The second kappa shape index (κ2) is 6.80. The monoisotopic (exact) mass is 392 g/mol. The summed E-state index contributed by atoms with van der Waals surface area (Å²) in [5, 5.41) is 1.15. The van der Waals surface area contributed by atoms with Gasteiger partial charge in [0.15, 0.2) is 0 Å². The van der Waals surface area contributed by atoms with Crippen LogP contribution >= 0.6 is 11.3 Å². The van der Waals surface area contributed by atoms with Crippen molar-refractivity contribution < 1.29 is 14.3 Å². The lowest BCUT2D eigenvalue weighted by molar-refractivity contribution is 0.0142. The lowest BCUT2D eigenvalue weighted by Crippen LogP contribution is -2.45. The van der Waals surface area contributed by atoms with Gasteiger partial charge in [-0.05, 0) is 46.1 Å². The summed E-state index contributed by atoms with van der Waals surface area (Å²) < 4.78 is 11.2. The summed E-state index contributed by atoms with van der Waals surface area (Å²) in [6.07, 6.45) is 4.86. The van der Waals surface area contributed by atoms with Crippen molar-refractivity contribution in [3.63, 3.8) is 0 Å². The predicted octanol–water partition coefficient (Wildman–Crippen LogP) is 5.00. The predicted molar refractivity (Wildman–Crippen MR) is 109 cm³/mol. The molecule has 2 aliphatic rings. The molecule has 0 atom stereocenters. The molecule has 1 aromatic heterocycles. The Labute approximate surface area is 166 Å². The Morgan fingerprint density at radius 3 is 2.33 bits per heavy atom. The van der Waals surface area contributed by atoms with Gasteiger partial charge in [-0.15, -0.1) is 11.3 Å². The number of carbonyl (C=O) groups excluding carboxylic acids is 1. The number of carbonyl (C=O) groups is 1. The number of aromatic nitrogens is 1. The fourth-order valence-electron chi connectivity index (χ4n) is 3.64. The van der Waals surface area contributed by atoms with E-state index in [2.05, 4.69) is 26.8 Å². The average molecular weight is 393 g/mol. The Hall–Kier alpha value is -1.56. The quantitative estimate of drug-likeness (QED) is 0.675. The number of piperidine rings is 1. The van der Waals surface area contributed by atoms with E-state index >= 15 is 0 Å². The molecule has 0 radical (unpaired) electrons. The van der Waals surface area contributed by atoms with Crippen molar-refractivity contribution >= 4 is 23.2 Å². The van der Waals surface area contributed by atoms with Crippen LogP contribution in [0.15, 0.2) is 6.08 Å². The van der Waals surface area contributed by atoms with Crippen LogP contribution in [0, 0.1) is 5.41 Å². The summed E-state index contributed by atoms with van der Waals surface area (Å²) >= 11 is 1.81. The van der Waals surface area contributed by atoms with Crippen molar-refractivity contribution in [2.75, 3.05) is 20.2 Å². The average Bonchev–Trinajstić information content (AvgIpc) is 2.97. The zero-order chi connectivity index (χ0) is 20.0. The molecule has 6 heteroatoms. The summed E-state index contributed by atoms with van der Waals surface area (Å²) in [6, 6.07) is 0. The number of amides is 1. The van der Waals surface area contributed by atoms with Crippen LogP contribution in [-0.2, 0) is 21.3 Å². The molecule has 1 amide bonds. The number of allylic oxidation sites excluding steroid dienone is 1. The Bertz CT molecular complexity index is 744. The maximum absolute atomic E-state index is 12.4. The first-order valence-corrected chi connectivity index (χ1v) is 10.5. The molecule has 3 rings (SSSR count). The molecule has 2 heterocycles. The van der Waals surface area contributed by atoms with E-state index in [-0.39, 0.29) is 16.9 Å². The maximum atomic E-state index is 12.4. The molecule has 0 aromatic carbocycles. The summed E-state index contributed by atoms with van der Waals surface area (Å²) in [5.74, 6) is 0.883. The number of ether oxygens (including phenoxy) is 2. The van der Waals surface area contributed by atoms with Crippen LogP contribution in [0.3, 0.4) is 0 Å². The highest BCUT2D eigenvalue weighted by Gasteiger charge is 2.41. The van der Waals surface area contributed by atoms with Crippen molar-refractivity contribution in [1.82, 2.24) is 9.88 Å². The van der Waals surface area contributed by atoms with Gasteiger partial charge in [-0.25, -0.2) is 9.78 Å². The lowest BCUT2D eigenvalue weighted by atomic mass is 9.72. The van der Waals surface area contributed by atoms with Gasteiger partial charge in [0.25, 0.3) is 0 Å². The fourth-order valence-corrected chi connectivity index (χ4v) is 4.92. The smallest absolute Gasteiger partial charge is 0.410 e. The number of nitrogens with zero attached hydrogens (tertiary/aromatic N) is 2. The van der Waals surface area contributed by atoms with Gasteiger partial charge in [-0.2, -0.15) is 0 Å². The first-order chi connectivity index (χ1) is 12.4. The van der Waals surface area contributed by atoms with Crippen molar-refractivity contribution in [1.29, 1.82) is 0 Å². The minimum Gasteiger partial charge on any atom is -0.495 e. The van der Waals surface area contributed by atoms with E-state index in [0.717, 1.165) is 35.7 Å². The molecule has 0 unspecified atom stereocenters. The van der Waals surface area contributed by atoms with Gasteiger partial charge in [-0.1, -0.05) is 20.8 Å². The molecule has 27 heavy (non-hydrogen) atoms. The number of hydrogen-bond acceptors (Lipinski definition) is 5. The van der Waals surface area contributed by atoms with E-state index in [1.165, 1.54) is 4.88 Å². The molecule has 0 saturated carbocycles. The second-order valence-electron chi connectivity index (χ2n) is 9.76. The third-order valence-corrected chi connectivity index (χ3v) is 6.63. The Morgan fingerprint density at radius 1 is 1.19 bits per heavy atom. The highest BCUT2D eigenvalue weighted by atomic mass is 32.1. The van der Waals surface area contributed by atoms with Crippen molar-refractivity contribution in [3.05, 3.63) is 21.7 Å². The zero-order valence-electron chi connectivity index (χ0n) is 17.6. The van der Waals surface area contributed by atoms with E-state index in [1.807, 2.05) is 25.7 Å². The molecule has 0 N–H and O–H groups in total. The maximum Gasteiger partial charge on any atom is 0.410 e. The van der Waals surface area contributed by atoms with Crippen LogP contribution in [0.25, 0.3) is 5.76 Å². The molecule has 1 fully saturated rings. The summed E-state index contributed by atoms with van der Waals surface area (Å²) in [4.78, 5) is 20.4. The number of rotatable bonds is 1. The van der Waals surface area contributed by atoms with Gasteiger partial charge in [0, 0.05) is 28.8 Å². The van der Waals surface area contributed by atoms with Crippen LogP contribution in [0.1, 0.15) is 70.0 Å². The number of methoxy groups -OCH3 is 1. The van der Waals surface area contributed by atoms with Gasteiger partial charge >= 0.3 is 6.09 Å². The van der Waals surface area contributed by atoms with Crippen LogP contribution in [0.2, 0.25) is 0 Å². The van der Waals surface area contributed by atoms with E-state index < -0.39 is 5.60 Å². The summed E-state index contributed by atoms with van der Waals surface area (Å²) in [7, 11) is 1.72. The molecule has 5 nitrogen and oxygen atoms in total. The number of thiazole rings is 1. The molecule has 1 saturated heterocycles. The molecule has 0 bridgehead atoms. The Morgan fingerprint density at radius 2 is 1.81 bits per heavy atom. The van der Waals surface area contributed by atoms with Crippen LogP contribution in [0.4, 0.5) is 4.79 Å². The largest absolute Gasteiger partial charge is 0.495 e. The first kappa shape index (κ1) is 20.2. The van der Waals surface area contributed by atoms with E-state index in [9.17, 15) is 4.79 Å². The summed E-state index contributed by atoms with van der Waals surface area (Å²) in [6.45, 7) is 13.7. The molecule has 1 aliphatic carbocycles. The van der Waals surface area contributed by atoms with Crippen LogP contribution in [-0.4, -0.2) is 41.8 Å². The summed E-state index contributed by atoms with van der Waals surface area (Å²) in [5.41, 5.74) is 0.626. The molecular weight excluding hydrogens is 360 g/mol. The Balaban J connectivity index is 1.77. The fraction of sp³-hybridized carbons (Fsp3) is 0.714. The normalized spacial score (nSPS) is 19.5. The third-order valence-electron chi connectivity index (χ3n) is 5.15. The zero-order valence-corrected chi connectivity index (χ0v) is 18.5. The van der Waals surface area contributed by atoms with Gasteiger partial charge in [0.2, 0.25) is 0 Å². The minimum atomic E-state index is -0.457. The highest BCUT2D eigenvalue weighted by molar-refractivity contribution is 7.12. The van der Waals surface area contributed by atoms with Crippen molar-refractivity contribution in [3.8, 4) is 0 Å². The van der Waals surface area contributed by atoms with Gasteiger partial charge in [0.1, 0.15) is 17.1 Å². The van der Waals surface area contributed by atoms with E-state index in [1.54, 1.807) is 18.4 Å². The second-order valence-corrected chi connectivity index (χ2v) is 10.8. The number of likely N-dealkylation sites (tertiary alicyclic amines) is 1. The number of fused-ring (bicyclic) bond motifs is 1. The molecule has 150 valence electrons. The minimum absolute atomic E-state index is 0.0358. The molecule has 1 aromatic rings. The van der Waals surface area contributed by atoms with E-state index in [0.29, 0.717) is 13.1 Å². The van der Waals surface area contributed by atoms with Crippen LogP contribution in [0.5, 0.6) is 0 Å².